The quantitative estimate of drug-likeness (QED) is 0.626. The van der Waals surface area contributed by atoms with Crippen LogP contribution >= 0.6 is 11.6 Å². The Morgan fingerprint density at radius 1 is 1.10 bits per heavy atom. The van der Waals surface area contributed by atoms with Gasteiger partial charge in [0.2, 0.25) is 10.0 Å². The van der Waals surface area contributed by atoms with Crippen LogP contribution < -0.4 is 0 Å². The van der Waals surface area contributed by atoms with Crippen LogP contribution in [0.1, 0.15) is 44.1 Å². The first-order valence-corrected chi connectivity index (χ1v) is 9.16. The predicted octanol–water partition coefficient (Wildman–Crippen LogP) is 3.77. The molecule has 0 amide bonds. The van der Waals surface area contributed by atoms with Gasteiger partial charge in [-0.2, -0.15) is 4.31 Å². The van der Waals surface area contributed by atoms with Crippen molar-refractivity contribution in [3.63, 3.8) is 0 Å². The molecule has 0 N–H and O–H groups in total. The first kappa shape index (κ1) is 15.8. The van der Waals surface area contributed by atoms with Gasteiger partial charge in [0.1, 0.15) is 0 Å². The largest absolute Gasteiger partial charge is 0.243 e. The van der Waals surface area contributed by atoms with Gasteiger partial charge in [-0.1, -0.05) is 37.8 Å². The van der Waals surface area contributed by atoms with Crippen molar-refractivity contribution >= 4 is 21.6 Å². The molecule has 0 spiro atoms. The summed E-state index contributed by atoms with van der Waals surface area (Å²) < 4.78 is 26.8. The van der Waals surface area contributed by atoms with Gasteiger partial charge in [0, 0.05) is 19.0 Å². The van der Waals surface area contributed by atoms with Crippen molar-refractivity contribution in [3.05, 3.63) is 29.8 Å². The summed E-state index contributed by atoms with van der Waals surface area (Å²) in [5.74, 6) is 0.402. The van der Waals surface area contributed by atoms with E-state index in [1.54, 1.807) is 35.6 Å². The third-order valence-electron chi connectivity index (χ3n) is 4.09. The van der Waals surface area contributed by atoms with Gasteiger partial charge in [-0.25, -0.2) is 8.42 Å². The summed E-state index contributed by atoms with van der Waals surface area (Å²) in [6.45, 7) is 0. The summed E-state index contributed by atoms with van der Waals surface area (Å²) in [5, 5.41) is 0. The van der Waals surface area contributed by atoms with Crippen molar-refractivity contribution in [1.29, 1.82) is 0 Å². The average molecular weight is 316 g/mol. The zero-order chi connectivity index (χ0) is 14.6. The van der Waals surface area contributed by atoms with Gasteiger partial charge in [-0.3, -0.25) is 0 Å². The fourth-order valence-electron chi connectivity index (χ4n) is 2.73. The molecular formula is C15H22ClNO2S. The van der Waals surface area contributed by atoms with Gasteiger partial charge in [0.05, 0.1) is 4.90 Å². The van der Waals surface area contributed by atoms with Crippen molar-refractivity contribution < 1.29 is 8.42 Å². The zero-order valence-corrected chi connectivity index (χ0v) is 13.5. The third-order valence-corrected chi connectivity index (χ3v) is 6.33. The maximum atomic E-state index is 12.6. The number of sulfonamides is 1. The lowest BCUT2D eigenvalue weighted by atomic mass is 10.1. The second-order valence-electron chi connectivity index (χ2n) is 5.44. The minimum atomic E-state index is -3.39. The summed E-state index contributed by atoms with van der Waals surface area (Å²) in [6, 6.07) is 7.00. The predicted molar refractivity (Wildman–Crippen MR) is 82.4 cm³/mol. The maximum Gasteiger partial charge on any atom is 0.243 e. The fraction of sp³-hybridized carbons (Fsp3) is 0.600. The van der Waals surface area contributed by atoms with Gasteiger partial charge in [-0.15, -0.1) is 11.6 Å². The smallest absolute Gasteiger partial charge is 0.207 e. The van der Waals surface area contributed by atoms with E-state index in [2.05, 4.69) is 0 Å². The Morgan fingerprint density at radius 2 is 1.65 bits per heavy atom. The molecule has 1 saturated carbocycles. The number of hydrogen-bond donors (Lipinski definition) is 0. The zero-order valence-electron chi connectivity index (χ0n) is 11.9. The van der Waals surface area contributed by atoms with E-state index < -0.39 is 10.0 Å². The summed E-state index contributed by atoms with van der Waals surface area (Å²) in [7, 11) is -1.68. The van der Waals surface area contributed by atoms with E-state index >= 15 is 0 Å². The van der Waals surface area contributed by atoms with Gasteiger partial charge in [0.25, 0.3) is 0 Å². The molecule has 0 radical (unpaired) electrons. The first-order chi connectivity index (χ1) is 9.55. The molecule has 1 fully saturated rings. The molecule has 0 atom stereocenters. The molecule has 2 rings (SSSR count). The molecule has 20 heavy (non-hydrogen) atoms. The maximum absolute atomic E-state index is 12.6. The second kappa shape index (κ2) is 6.92. The highest BCUT2D eigenvalue weighted by atomic mass is 35.5. The molecule has 0 aromatic heterocycles. The summed E-state index contributed by atoms with van der Waals surface area (Å²) in [5.41, 5.74) is 0.933. The number of hydrogen-bond acceptors (Lipinski definition) is 2. The number of halogens is 1. The molecule has 0 saturated heterocycles. The molecule has 0 bridgehead atoms. The lowest BCUT2D eigenvalue weighted by Crippen LogP contribution is -2.36. The van der Waals surface area contributed by atoms with E-state index in [0.717, 1.165) is 31.2 Å². The van der Waals surface area contributed by atoms with Crippen LogP contribution in [0.2, 0.25) is 0 Å². The lowest BCUT2D eigenvalue weighted by Gasteiger charge is -2.26. The Bertz CT molecular complexity index is 519. The Morgan fingerprint density at radius 3 is 2.15 bits per heavy atom. The van der Waals surface area contributed by atoms with Crippen molar-refractivity contribution in [2.45, 2.75) is 55.3 Å². The van der Waals surface area contributed by atoms with Crippen LogP contribution in [0, 0.1) is 0 Å². The SMILES string of the molecule is CN(C1CCCCCC1)S(=O)(=O)c1ccc(CCl)cc1. The van der Waals surface area contributed by atoms with Crippen LogP contribution in [0.5, 0.6) is 0 Å². The van der Waals surface area contributed by atoms with Crippen LogP contribution in [0.4, 0.5) is 0 Å². The van der Waals surface area contributed by atoms with Crippen molar-refractivity contribution in [3.8, 4) is 0 Å². The Kier molecular flexibility index (Phi) is 5.47. The fourth-order valence-corrected chi connectivity index (χ4v) is 4.33. The highest BCUT2D eigenvalue weighted by molar-refractivity contribution is 7.89. The molecule has 1 aromatic rings. The van der Waals surface area contributed by atoms with E-state index in [4.69, 9.17) is 11.6 Å². The summed E-state index contributed by atoms with van der Waals surface area (Å²) in [6.07, 6.45) is 6.61. The summed E-state index contributed by atoms with van der Waals surface area (Å²) >= 11 is 5.74. The van der Waals surface area contributed by atoms with Crippen LogP contribution in [0.25, 0.3) is 0 Å². The lowest BCUT2D eigenvalue weighted by molar-refractivity contribution is 0.335. The Hall–Kier alpha value is -0.580. The summed E-state index contributed by atoms with van der Waals surface area (Å²) in [4.78, 5) is 0.359. The Balaban J connectivity index is 2.18. The molecule has 0 heterocycles. The topological polar surface area (TPSA) is 37.4 Å². The number of nitrogens with zero attached hydrogens (tertiary/aromatic N) is 1. The van der Waals surface area contributed by atoms with Crippen molar-refractivity contribution in [2.75, 3.05) is 7.05 Å². The van der Waals surface area contributed by atoms with E-state index in [9.17, 15) is 8.42 Å². The molecule has 112 valence electrons. The van der Waals surface area contributed by atoms with E-state index in [1.165, 1.54) is 12.8 Å². The standard InChI is InChI=1S/C15H22ClNO2S/c1-17(14-6-4-2-3-5-7-14)20(18,19)15-10-8-13(12-16)9-11-15/h8-11,14H,2-7,12H2,1H3. The normalized spacial score (nSPS) is 18.1. The average Bonchev–Trinajstić information content (AvgIpc) is 2.75. The van der Waals surface area contributed by atoms with Crippen molar-refractivity contribution in [2.24, 2.45) is 0 Å². The van der Waals surface area contributed by atoms with Crippen LogP contribution in [0.3, 0.4) is 0 Å². The van der Waals surface area contributed by atoms with E-state index in [-0.39, 0.29) is 6.04 Å². The second-order valence-corrected chi connectivity index (χ2v) is 7.71. The minimum absolute atomic E-state index is 0.134. The molecule has 3 nitrogen and oxygen atoms in total. The number of benzene rings is 1. The van der Waals surface area contributed by atoms with Crippen molar-refractivity contribution in [1.82, 2.24) is 4.31 Å². The highest BCUT2D eigenvalue weighted by Crippen LogP contribution is 2.26. The van der Waals surface area contributed by atoms with Gasteiger partial charge in [0.15, 0.2) is 0 Å². The number of rotatable bonds is 4. The monoisotopic (exact) mass is 315 g/mol. The molecule has 1 aliphatic carbocycles. The van der Waals surface area contributed by atoms with Gasteiger partial charge >= 0.3 is 0 Å². The molecule has 1 aromatic carbocycles. The first-order valence-electron chi connectivity index (χ1n) is 7.18. The van der Waals surface area contributed by atoms with Crippen LogP contribution in [0.15, 0.2) is 29.2 Å². The number of alkyl halides is 1. The minimum Gasteiger partial charge on any atom is -0.207 e. The van der Waals surface area contributed by atoms with E-state index in [1.807, 2.05) is 0 Å². The van der Waals surface area contributed by atoms with Gasteiger partial charge < -0.3 is 0 Å². The molecule has 0 aliphatic heterocycles. The third kappa shape index (κ3) is 3.54. The Labute approximate surface area is 127 Å². The van der Waals surface area contributed by atoms with E-state index in [0.29, 0.717) is 10.8 Å². The van der Waals surface area contributed by atoms with Crippen LogP contribution in [-0.4, -0.2) is 25.8 Å². The van der Waals surface area contributed by atoms with Gasteiger partial charge in [-0.05, 0) is 30.5 Å². The molecule has 5 heteroatoms. The molecule has 1 aliphatic rings. The van der Waals surface area contributed by atoms with Crippen LogP contribution in [-0.2, 0) is 15.9 Å². The highest BCUT2D eigenvalue weighted by Gasteiger charge is 2.28. The molecular weight excluding hydrogens is 294 g/mol. The molecule has 0 unspecified atom stereocenters.